The zero-order chi connectivity index (χ0) is 14.4. The Morgan fingerprint density at radius 1 is 0.684 bits per heavy atom. The maximum atomic E-state index is 12.3. The molecule has 11 heteroatoms. The molecule has 102 valence electrons. The van der Waals surface area contributed by atoms with Crippen LogP contribution >= 0.6 is 0 Å². The largest absolute Gasteiger partial charge is 1.00 e. The van der Waals surface area contributed by atoms with E-state index in [0.717, 1.165) is 0 Å². The van der Waals surface area contributed by atoms with Gasteiger partial charge >= 0.3 is 38.2 Å². The van der Waals surface area contributed by atoms with Gasteiger partial charge in [-0.25, -0.2) is 0 Å². The summed E-state index contributed by atoms with van der Waals surface area (Å²) < 4.78 is 110. The average molecular weight is 288 g/mol. The predicted molar refractivity (Wildman–Crippen MR) is 45.2 cm³/mol. The van der Waals surface area contributed by atoms with Gasteiger partial charge in [0, 0.05) is 0 Å². The molecule has 0 atom stereocenters. The molecule has 1 rings (SSSR count). The topological polar surface area (TPSA) is 0 Å². The van der Waals surface area contributed by atoms with Crippen molar-refractivity contribution >= 4 is 12.4 Å². The summed E-state index contributed by atoms with van der Waals surface area (Å²) in [5, 5.41) is 0. The Morgan fingerprint density at radius 3 is 1.21 bits per heavy atom. The SMILES string of the molecule is F[B-](F)(F)c1cc(C(F)(F)F)cc(C(F)(F)F)c1.[Li+]. The molecule has 0 radical (unpaired) electrons. The van der Waals surface area contributed by atoms with Crippen LogP contribution in [0.15, 0.2) is 18.2 Å². The molecule has 1 aromatic rings. The van der Waals surface area contributed by atoms with Gasteiger partial charge in [0.2, 0.25) is 0 Å². The molecule has 0 aromatic heterocycles. The van der Waals surface area contributed by atoms with Crippen molar-refractivity contribution in [3.63, 3.8) is 0 Å². The van der Waals surface area contributed by atoms with E-state index in [-0.39, 0.29) is 37.1 Å². The van der Waals surface area contributed by atoms with E-state index in [1.807, 2.05) is 0 Å². The van der Waals surface area contributed by atoms with E-state index in [9.17, 15) is 39.3 Å². The second-order valence-electron chi connectivity index (χ2n) is 3.41. The third-order valence-corrected chi connectivity index (χ3v) is 1.99. The summed E-state index contributed by atoms with van der Waals surface area (Å²) in [6.45, 7) is -5.95. The third-order valence-electron chi connectivity index (χ3n) is 1.99. The molecule has 1 aromatic carbocycles. The normalized spacial score (nSPS) is 13.1. The van der Waals surface area contributed by atoms with Gasteiger partial charge in [0.25, 0.3) is 0 Å². The minimum absolute atomic E-state index is 0. The van der Waals surface area contributed by atoms with E-state index in [4.69, 9.17) is 0 Å². The zero-order valence-corrected chi connectivity index (χ0v) is 9.21. The van der Waals surface area contributed by atoms with E-state index in [1.54, 1.807) is 0 Å². The fraction of sp³-hybridized carbons (Fsp3) is 0.250. The fourth-order valence-electron chi connectivity index (χ4n) is 1.17. The minimum atomic E-state index is -5.95. The average Bonchev–Trinajstić information content (AvgIpc) is 2.13. The fourth-order valence-corrected chi connectivity index (χ4v) is 1.17. The molecule has 0 nitrogen and oxygen atoms in total. The first-order valence-corrected chi connectivity index (χ1v) is 4.31. The molecule has 0 amide bonds. The molecule has 19 heavy (non-hydrogen) atoms. The van der Waals surface area contributed by atoms with Crippen molar-refractivity contribution in [3.05, 3.63) is 29.3 Å². The van der Waals surface area contributed by atoms with Gasteiger partial charge in [-0.05, 0) is 6.07 Å². The summed E-state index contributed by atoms with van der Waals surface area (Å²) in [7, 11) is 0. The van der Waals surface area contributed by atoms with Crippen molar-refractivity contribution in [2.45, 2.75) is 12.4 Å². The molecule has 0 saturated heterocycles. The Kier molecular flexibility index (Phi) is 5.12. The number of halogens is 9. The van der Waals surface area contributed by atoms with Gasteiger partial charge in [-0.1, -0.05) is 12.1 Å². The van der Waals surface area contributed by atoms with Crippen LogP contribution in [0.1, 0.15) is 11.1 Å². The van der Waals surface area contributed by atoms with Gasteiger partial charge in [-0.15, -0.1) is 5.46 Å². The molecular formula is C8H3BF9Li. The second kappa shape index (κ2) is 5.33. The molecule has 0 aliphatic rings. The molecule has 0 bridgehead atoms. The monoisotopic (exact) mass is 288 g/mol. The van der Waals surface area contributed by atoms with Gasteiger partial charge in [-0.2, -0.15) is 26.3 Å². The zero-order valence-electron chi connectivity index (χ0n) is 9.21. The van der Waals surface area contributed by atoms with Crippen LogP contribution in [0.25, 0.3) is 0 Å². The van der Waals surface area contributed by atoms with Crippen LogP contribution in [-0.2, 0) is 12.4 Å². The smallest absolute Gasteiger partial charge is 0.445 e. The summed E-state index contributed by atoms with van der Waals surface area (Å²) in [6.07, 6.45) is -10.6. The van der Waals surface area contributed by atoms with E-state index in [2.05, 4.69) is 0 Å². The molecule has 0 N–H and O–H groups in total. The Hall–Kier alpha value is -0.748. The third kappa shape index (κ3) is 4.69. The van der Waals surface area contributed by atoms with Crippen LogP contribution in [0.3, 0.4) is 0 Å². The van der Waals surface area contributed by atoms with Crippen molar-refractivity contribution in [2.75, 3.05) is 0 Å². The molecule has 0 unspecified atom stereocenters. The molecule has 0 heterocycles. The first kappa shape index (κ1) is 18.3. The maximum absolute atomic E-state index is 12.3. The molecule has 0 spiro atoms. The van der Waals surface area contributed by atoms with Gasteiger partial charge < -0.3 is 12.9 Å². The quantitative estimate of drug-likeness (QED) is 0.529. The summed E-state index contributed by atoms with van der Waals surface area (Å²) >= 11 is 0. The standard InChI is InChI=1S/C8H3BF9.Li/c10-7(11,12)4-1-5(8(13,14)15)3-6(2-4)9(16,17)18;/h1-3H;/q-1;+1. The Morgan fingerprint density at radius 2 is 1.00 bits per heavy atom. The summed E-state index contributed by atoms with van der Waals surface area (Å²) in [6, 6.07) is -1.03. The summed E-state index contributed by atoms with van der Waals surface area (Å²) in [5.74, 6) is 0. The van der Waals surface area contributed by atoms with Crippen molar-refractivity contribution in [2.24, 2.45) is 0 Å². The van der Waals surface area contributed by atoms with Gasteiger partial charge in [0.1, 0.15) is 0 Å². The summed E-state index contributed by atoms with van der Waals surface area (Å²) in [4.78, 5) is 0. The van der Waals surface area contributed by atoms with Crippen molar-refractivity contribution in [1.29, 1.82) is 0 Å². The van der Waals surface area contributed by atoms with Gasteiger partial charge in [0.05, 0.1) is 11.1 Å². The molecular weight excluding hydrogens is 285 g/mol. The first-order chi connectivity index (χ1) is 7.82. The van der Waals surface area contributed by atoms with Gasteiger partial charge in [-0.3, -0.25) is 0 Å². The predicted octanol–water partition coefficient (Wildman–Crippen LogP) is 0.783. The Bertz CT molecular complexity index is 366. The maximum Gasteiger partial charge on any atom is 1.00 e. The number of alkyl halides is 6. The molecule has 0 fully saturated rings. The van der Waals surface area contributed by atoms with E-state index in [1.165, 1.54) is 0 Å². The second-order valence-corrected chi connectivity index (χ2v) is 3.41. The molecule has 0 aliphatic heterocycles. The van der Waals surface area contributed by atoms with Crippen LogP contribution in [0.4, 0.5) is 39.3 Å². The number of benzene rings is 1. The van der Waals surface area contributed by atoms with Crippen molar-refractivity contribution in [1.82, 2.24) is 0 Å². The van der Waals surface area contributed by atoms with Crippen molar-refractivity contribution < 1.29 is 58.2 Å². The molecule has 0 saturated carbocycles. The first-order valence-electron chi connectivity index (χ1n) is 4.31. The van der Waals surface area contributed by atoms with Crippen LogP contribution in [0.5, 0.6) is 0 Å². The van der Waals surface area contributed by atoms with Crippen LogP contribution in [0.2, 0.25) is 0 Å². The van der Waals surface area contributed by atoms with E-state index in [0.29, 0.717) is 0 Å². The van der Waals surface area contributed by atoms with Crippen LogP contribution < -0.4 is 24.3 Å². The van der Waals surface area contributed by atoms with Crippen LogP contribution in [0, 0.1) is 0 Å². The van der Waals surface area contributed by atoms with E-state index >= 15 is 0 Å². The number of hydrogen-bond acceptors (Lipinski definition) is 0. The van der Waals surface area contributed by atoms with Gasteiger partial charge in [0.15, 0.2) is 0 Å². The number of rotatable bonds is 1. The number of hydrogen-bond donors (Lipinski definition) is 0. The Labute approximate surface area is 113 Å². The van der Waals surface area contributed by atoms with Crippen molar-refractivity contribution in [3.8, 4) is 0 Å². The molecule has 0 aliphatic carbocycles. The summed E-state index contributed by atoms with van der Waals surface area (Å²) in [5.41, 5.74) is -5.89. The minimum Gasteiger partial charge on any atom is -0.445 e. The Balaban J connectivity index is 0.00000324. The van der Waals surface area contributed by atoms with Crippen LogP contribution in [-0.4, -0.2) is 6.98 Å². The van der Waals surface area contributed by atoms with E-state index < -0.39 is 35.9 Å².